The van der Waals surface area contributed by atoms with Crippen LogP contribution in [0.3, 0.4) is 0 Å². The molecule has 1 amide bonds. The van der Waals surface area contributed by atoms with Crippen molar-refractivity contribution in [1.29, 1.82) is 0 Å². The molecule has 0 unspecified atom stereocenters. The van der Waals surface area contributed by atoms with E-state index < -0.39 is 0 Å². The largest absolute Gasteiger partial charge is 0.348 e. The Morgan fingerprint density at radius 3 is 3.00 bits per heavy atom. The highest BCUT2D eigenvalue weighted by Crippen LogP contribution is 2.45. The van der Waals surface area contributed by atoms with Crippen LogP contribution >= 0.6 is 15.9 Å². The van der Waals surface area contributed by atoms with Crippen molar-refractivity contribution in [3.8, 4) is 0 Å². The van der Waals surface area contributed by atoms with Gasteiger partial charge in [0.25, 0.3) is 0 Å². The topological polar surface area (TPSA) is 57.8 Å². The van der Waals surface area contributed by atoms with Crippen molar-refractivity contribution in [3.63, 3.8) is 0 Å². The van der Waals surface area contributed by atoms with Gasteiger partial charge in [0.1, 0.15) is 11.3 Å². The normalized spacial score (nSPS) is 16.8. The summed E-state index contributed by atoms with van der Waals surface area (Å²) in [5.41, 5.74) is 1.75. The van der Waals surface area contributed by atoms with E-state index in [-0.39, 0.29) is 11.3 Å². The third-order valence-corrected chi connectivity index (χ3v) is 4.12. The van der Waals surface area contributed by atoms with E-state index in [9.17, 15) is 4.79 Å². The minimum absolute atomic E-state index is 0.127. The van der Waals surface area contributed by atoms with Gasteiger partial charge in [-0.3, -0.25) is 4.79 Å². The van der Waals surface area contributed by atoms with Crippen molar-refractivity contribution in [2.75, 3.05) is 0 Å². The smallest absolute Gasteiger partial charge is 0.226 e. The van der Waals surface area contributed by atoms with Crippen LogP contribution in [0.15, 0.2) is 22.7 Å². The predicted molar refractivity (Wildman–Crippen MR) is 73.0 cm³/mol. The third-order valence-electron chi connectivity index (χ3n) is 3.48. The Bertz CT molecular complexity index is 616. The Balaban J connectivity index is 1.75. The zero-order valence-electron chi connectivity index (χ0n) is 10.1. The van der Waals surface area contributed by atoms with E-state index in [0.29, 0.717) is 6.54 Å². The second-order valence-electron chi connectivity index (χ2n) is 5.06. The first-order chi connectivity index (χ1) is 8.58. The maximum Gasteiger partial charge on any atom is 0.226 e. The molecule has 1 aromatic carbocycles. The quantitative estimate of drug-likeness (QED) is 0.916. The van der Waals surface area contributed by atoms with Gasteiger partial charge in [0.2, 0.25) is 5.91 Å². The standard InChI is InChI=1S/C13H14BrN3O/c1-13(5-6-13)12(18)15-7-10-16-9-4-2-3-8(14)11(9)17-10/h2-4H,5-7H2,1H3,(H,15,18)(H,16,17). The summed E-state index contributed by atoms with van der Waals surface area (Å²) in [5.74, 6) is 0.913. The Morgan fingerprint density at radius 2 is 2.33 bits per heavy atom. The summed E-state index contributed by atoms with van der Waals surface area (Å²) in [6, 6.07) is 5.88. The van der Waals surface area contributed by atoms with Crippen molar-refractivity contribution in [3.05, 3.63) is 28.5 Å². The number of nitrogens with one attached hydrogen (secondary N) is 2. The van der Waals surface area contributed by atoms with E-state index in [1.165, 1.54) is 0 Å². The Hall–Kier alpha value is -1.36. The van der Waals surface area contributed by atoms with Crippen LogP contribution in [0, 0.1) is 5.41 Å². The SMILES string of the molecule is CC1(C(=O)NCc2nc3c(Br)cccc3[nH]2)CC1. The number of amides is 1. The fourth-order valence-electron chi connectivity index (χ4n) is 1.92. The summed E-state index contributed by atoms with van der Waals surface area (Å²) >= 11 is 3.46. The van der Waals surface area contributed by atoms with Crippen molar-refractivity contribution < 1.29 is 4.79 Å². The second kappa shape index (κ2) is 4.09. The van der Waals surface area contributed by atoms with Crippen molar-refractivity contribution in [1.82, 2.24) is 15.3 Å². The second-order valence-corrected chi connectivity index (χ2v) is 5.92. The van der Waals surface area contributed by atoms with E-state index in [0.717, 1.165) is 34.2 Å². The lowest BCUT2D eigenvalue weighted by Gasteiger charge is -2.07. The molecule has 0 bridgehead atoms. The summed E-state index contributed by atoms with van der Waals surface area (Å²) < 4.78 is 0.961. The van der Waals surface area contributed by atoms with E-state index >= 15 is 0 Å². The number of para-hydroxylation sites is 1. The molecular weight excluding hydrogens is 294 g/mol. The van der Waals surface area contributed by atoms with Crippen LogP contribution in [0.25, 0.3) is 11.0 Å². The highest BCUT2D eigenvalue weighted by molar-refractivity contribution is 9.10. The van der Waals surface area contributed by atoms with Crippen molar-refractivity contribution >= 4 is 32.9 Å². The first kappa shape index (κ1) is 11.7. The summed E-state index contributed by atoms with van der Waals surface area (Å²) in [6.07, 6.45) is 1.98. The van der Waals surface area contributed by atoms with Crippen LogP contribution in [-0.4, -0.2) is 15.9 Å². The fourth-order valence-corrected chi connectivity index (χ4v) is 2.38. The van der Waals surface area contributed by atoms with E-state index in [1.54, 1.807) is 0 Å². The summed E-state index contributed by atoms with van der Waals surface area (Å²) in [6.45, 7) is 2.45. The van der Waals surface area contributed by atoms with Crippen LogP contribution in [0.5, 0.6) is 0 Å². The zero-order valence-corrected chi connectivity index (χ0v) is 11.7. The van der Waals surface area contributed by atoms with Gasteiger partial charge in [-0.1, -0.05) is 13.0 Å². The molecular formula is C13H14BrN3O. The van der Waals surface area contributed by atoms with E-state index in [2.05, 4.69) is 31.2 Å². The molecule has 0 spiro atoms. The number of aromatic nitrogens is 2. The molecule has 1 aliphatic rings. The maximum absolute atomic E-state index is 11.8. The van der Waals surface area contributed by atoms with E-state index in [1.807, 2.05) is 25.1 Å². The number of nitrogens with zero attached hydrogens (tertiary/aromatic N) is 1. The van der Waals surface area contributed by atoms with Gasteiger partial charge in [-0.05, 0) is 40.9 Å². The summed E-state index contributed by atoms with van der Waals surface area (Å²) in [4.78, 5) is 19.5. The number of aromatic amines is 1. The molecule has 94 valence electrons. The van der Waals surface area contributed by atoms with Crippen LogP contribution in [0.1, 0.15) is 25.6 Å². The maximum atomic E-state index is 11.8. The molecule has 2 aromatic rings. The number of hydrogen-bond donors (Lipinski definition) is 2. The monoisotopic (exact) mass is 307 g/mol. The van der Waals surface area contributed by atoms with Gasteiger partial charge < -0.3 is 10.3 Å². The molecule has 1 fully saturated rings. The highest BCUT2D eigenvalue weighted by Gasteiger charge is 2.44. The van der Waals surface area contributed by atoms with Gasteiger partial charge in [-0.2, -0.15) is 0 Å². The highest BCUT2D eigenvalue weighted by atomic mass is 79.9. The number of carbonyl (C=O) groups is 1. The Labute approximate surface area is 113 Å². The fraction of sp³-hybridized carbons (Fsp3) is 0.385. The van der Waals surface area contributed by atoms with Gasteiger partial charge >= 0.3 is 0 Å². The van der Waals surface area contributed by atoms with Gasteiger partial charge in [0.15, 0.2) is 0 Å². The lowest BCUT2D eigenvalue weighted by Crippen LogP contribution is -2.30. The lowest BCUT2D eigenvalue weighted by molar-refractivity contribution is -0.125. The predicted octanol–water partition coefficient (Wildman–Crippen LogP) is 2.74. The van der Waals surface area contributed by atoms with Gasteiger partial charge in [-0.25, -0.2) is 4.98 Å². The number of imidazole rings is 1. The molecule has 1 aliphatic carbocycles. The molecule has 18 heavy (non-hydrogen) atoms. The summed E-state index contributed by atoms with van der Waals surface area (Å²) in [5, 5.41) is 2.93. The Kier molecular flexibility index (Phi) is 2.66. The molecule has 2 N–H and O–H groups in total. The lowest BCUT2D eigenvalue weighted by atomic mass is 10.1. The third kappa shape index (κ3) is 2.03. The summed E-state index contributed by atoms with van der Waals surface area (Å²) in [7, 11) is 0. The molecule has 0 saturated heterocycles. The number of fused-ring (bicyclic) bond motifs is 1. The minimum atomic E-state index is -0.132. The number of benzene rings is 1. The van der Waals surface area contributed by atoms with Crippen molar-refractivity contribution in [2.45, 2.75) is 26.3 Å². The van der Waals surface area contributed by atoms with Crippen LogP contribution in [-0.2, 0) is 11.3 Å². The average molecular weight is 308 g/mol. The average Bonchev–Trinajstić information content (AvgIpc) is 2.95. The van der Waals surface area contributed by atoms with E-state index in [4.69, 9.17) is 0 Å². The number of halogens is 1. The first-order valence-electron chi connectivity index (χ1n) is 6.00. The Morgan fingerprint density at radius 1 is 1.56 bits per heavy atom. The van der Waals surface area contributed by atoms with Crippen LogP contribution in [0.2, 0.25) is 0 Å². The molecule has 0 aliphatic heterocycles. The first-order valence-corrected chi connectivity index (χ1v) is 6.79. The molecule has 1 heterocycles. The van der Waals surface area contributed by atoms with Crippen molar-refractivity contribution in [2.24, 2.45) is 5.41 Å². The molecule has 4 nitrogen and oxygen atoms in total. The van der Waals surface area contributed by atoms with Gasteiger partial charge in [-0.15, -0.1) is 0 Å². The zero-order chi connectivity index (χ0) is 12.8. The van der Waals surface area contributed by atoms with Gasteiger partial charge in [0, 0.05) is 9.89 Å². The number of H-pyrrole nitrogens is 1. The molecule has 1 aromatic heterocycles. The number of carbonyl (C=O) groups excluding carboxylic acids is 1. The molecule has 1 saturated carbocycles. The van der Waals surface area contributed by atoms with Crippen LogP contribution < -0.4 is 5.32 Å². The number of rotatable bonds is 3. The minimum Gasteiger partial charge on any atom is -0.348 e. The van der Waals surface area contributed by atoms with Gasteiger partial charge in [0.05, 0.1) is 12.1 Å². The number of hydrogen-bond acceptors (Lipinski definition) is 2. The molecule has 0 radical (unpaired) electrons. The molecule has 3 rings (SSSR count). The van der Waals surface area contributed by atoms with Crippen LogP contribution in [0.4, 0.5) is 0 Å². The molecule has 0 atom stereocenters. The molecule has 5 heteroatoms.